The summed E-state index contributed by atoms with van der Waals surface area (Å²) in [6, 6.07) is 12.1. The zero-order valence-corrected chi connectivity index (χ0v) is 18.0. The van der Waals surface area contributed by atoms with Gasteiger partial charge in [0.2, 0.25) is 15.9 Å². The zero-order chi connectivity index (χ0) is 21.4. The summed E-state index contributed by atoms with van der Waals surface area (Å²) in [5, 5.41) is 2.78. The fraction of sp³-hybridized carbons (Fsp3) is 0.381. The minimum atomic E-state index is -3.89. The SMILES string of the molecule is CCOc1ccccc1NC(=O)[C@H](CC(C)C)NS(=O)(=O)c1ccc(OC)cc1. The molecule has 158 valence electrons. The van der Waals surface area contributed by atoms with Gasteiger partial charge >= 0.3 is 0 Å². The van der Waals surface area contributed by atoms with E-state index in [0.717, 1.165) is 0 Å². The Hall–Kier alpha value is -2.58. The van der Waals surface area contributed by atoms with E-state index < -0.39 is 22.0 Å². The number of para-hydroxylation sites is 2. The number of methoxy groups -OCH3 is 1. The van der Waals surface area contributed by atoms with Crippen molar-refractivity contribution < 1.29 is 22.7 Å². The first-order chi connectivity index (χ1) is 13.8. The fourth-order valence-corrected chi connectivity index (χ4v) is 3.97. The third-order valence-corrected chi connectivity index (χ3v) is 5.62. The summed E-state index contributed by atoms with van der Waals surface area (Å²) in [5.74, 6) is 0.743. The van der Waals surface area contributed by atoms with Gasteiger partial charge in [-0.3, -0.25) is 4.79 Å². The molecule has 0 radical (unpaired) electrons. The van der Waals surface area contributed by atoms with Crippen LogP contribution in [0, 0.1) is 5.92 Å². The summed E-state index contributed by atoms with van der Waals surface area (Å²) in [6.07, 6.45) is 0.345. The number of rotatable bonds is 10. The molecule has 2 aromatic rings. The van der Waals surface area contributed by atoms with Crippen LogP contribution in [-0.4, -0.2) is 34.1 Å². The van der Waals surface area contributed by atoms with Crippen LogP contribution in [0.1, 0.15) is 27.2 Å². The predicted octanol–water partition coefficient (Wildman–Crippen LogP) is 3.43. The molecule has 0 fully saturated rings. The van der Waals surface area contributed by atoms with E-state index in [9.17, 15) is 13.2 Å². The Labute approximate surface area is 172 Å². The molecule has 8 heteroatoms. The third kappa shape index (κ3) is 6.47. The first-order valence-corrected chi connectivity index (χ1v) is 10.9. The van der Waals surface area contributed by atoms with Crippen LogP contribution in [0.5, 0.6) is 11.5 Å². The molecule has 1 atom stereocenters. The number of hydrogen-bond acceptors (Lipinski definition) is 5. The highest BCUT2D eigenvalue weighted by molar-refractivity contribution is 7.89. The molecule has 7 nitrogen and oxygen atoms in total. The average molecular weight is 421 g/mol. The van der Waals surface area contributed by atoms with Gasteiger partial charge in [-0.25, -0.2) is 8.42 Å². The van der Waals surface area contributed by atoms with Crippen molar-refractivity contribution >= 4 is 21.6 Å². The van der Waals surface area contributed by atoms with Crippen LogP contribution in [0.2, 0.25) is 0 Å². The van der Waals surface area contributed by atoms with E-state index in [1.54, 1.807) is 36.4 Å². The van der Waals surface area contributed by atoms with Crippen molar-refractivity contribution in [2.45, 2.75) is 38.1 Å². The van der Waals surface area contributed by atoms with Crippen molar-refractivity contribution in [2.24, 2.45) is 5.92 Å². The van der Waals surface area contributed by atoms with Crippen LogP contribution >= 0.6 is 0 Å². The molecule has 0 aromatic heterocycles. The molecule has 0 aliphatic rings. The minimum Gasteiger partial charge on any atom is -0.497 e. The summed E-state index contributed by atoms with van der Waals surface area (Å²) < 4.78 is 38.7. The van der Waals surface area contributed by atoms with Crippen molar-refractivity contribution in [3.63, 3.8) is 0 Å². The van der Waals surface area contributed by atoms with Gasteiger partial charge in [-0.2, -0.15) is 4.72 Å². The molecular formula is C21H28N2O5S. The summed E-state index contributed by atoms with van der Waals surface area (Å²) in [6.45, 7) is 6.15. The zero-order valence-electron chi connectivity index (χ0n) is 17.1. The molecular weight excluding hydrogens is 392 g/mol. The van der Waals surface area contributed by atoms with Crippen LogP contribution in [0.25, 0.3) is 0 Å². The number of sulfonamides is 1. The van der Waals surface area contributed by atoms with E-state index in [0.29, 0.717) is 30.2 Å². The van der Waals surface area contributed by atoms with Gasteiger partial charge in [0.05, 0.1) is 24.3 Å². The molecule has 0 spiro atoms. The number of hydrogen-bond donors (Lipinski definition) is 2. The van der Waals surface area contributed by atoms with E-state index in [2.05, 4.69) is 10.0 Å². The van der Waals surface area contributed by atoms with Crippen LogP contribution in [-0.2, 0) is 14.8 Å². The lowest BCUT2D eigenvalue weighted by Gasteiger charge is -2.21. The molecule has 0 unspecified atom stereocenters. The largest absolute Gasteiger partial charge is 0.497 e. The Balaban J connectivity index is 2.23. The molecule has 2 rings (SSSR count). The van der Waals surface area contributed by atoms with Gasteiger partial charge in [-0.05, 0) is 55.7 Å². The van der Waals surface area contributed by atoms with Gasteiger partial charge < -0.3 is 14.8 Å². The maximum atomic E-state index is 12.9. The second kappa shape index (κ2) is 10.3. The molecule has 0 heterocycles. The Bertz CT molecular complexity index is 911. The smallest absolute Gasteiger partial charge is 0.242 e. The molecule has 0 saturated heterocycles. The van der Waals surface area contributed by atoms with E-state index in [-0.39, 0.29) is 10.8 Å². The maximum Gasteiger partial charge on any atom is 0.242 e. The Kier molecular flexibility index (Phi) is 8.04. The highest BCUT2D eigenvalue weighted by Gasteiger charge is 2.27. The number of nitrogens with one attached hydrogen (secondary N) is 2. The standard InChI is InChI=1S/C21H28N2O5S/c1-5-28-20-9-7-6-8-18(20)22-21(24)19(14-15(2)3)23-29(25,26)17-12-10-16(27-4)11-13-17/h6-13,15,19,23H,5,14H2,1-4H3,(H,22,24)/t19-/m0/s1. The van der Waals surface area contributed by atoms with Crippen LogP contribution in [0.15, 0.2) is 53.4 Å². The van der Waals surface area contributed by atoms with Crippen molar-refractivity contribution in [3.05, 3.63) is 48.5 Å². The normalized spacial score (nSPS) is 12.4. The molecule has 0 aliphatic heterocycles. The summed E-state index contributed by atoms with van der Waals surface area (Å²) in [7, 11) is -2.38. The summed E-state index contributed by atoms with van der Waals surface area (Å²) in [5.41, 5.74) is 0.497. The summed E-state index contributed by atoms with van der Waals surface area (Å²) in [4.78, 5) is 13.0. The van der Waals surface area contributed by atoms with Gasteiger partial charge in [0.15, 0.2) is 0 Å². The van der Waals surface area contributed by atoms with Gasteiger partial charge in [-0.1, -0.05) is 26.0 Å². The van der Waals surface area contributed by atoms with E-state index >= 15 is 0 Å². The van der Waals surface area contributed by atoms with Gasteiger partial charge in [0, 0.05) is 0 Å². The summed E-state index contributed by atoms with van der Waals surface area (Å²) >= 11 is 0. The quantitative estimate of drug-likeness (QED) is 0.614. The van der Waals surface area contributed by atoms with Crippen molar-refractivity contribution in [3.8, 4) is 11.5 Å². The molecule has 0 saturated carbocycles. The number of amides is 1. The first-order valence-electron chi connectivity index (χ1n) is 9.46. The molecule has 0 aliphatic carbocycles. The van der Waals surface area contributed by atoms with Gasteiger partial charge in [0.1, 0.15) is 17.5 Å². The fourth-order valence-electron chi connectivity index (χ4n) is 2.76. The molecule has 2 N–H and O–H groups in total. The highest BCUT2D eigenvalue weighted by atomic mass is 32.2. The maximum absolute atomic E-state index is 12.9. The topological polar surface area (TPSA) is 93.7 Å². The first kappa shape index (κ1) is 22.7. The van der Waals surface area contributed by atoms with Crippen LogP contribution in [0.3, 0.4) is 0 Å². The average Bonchev–Trinajstić information content (AvgIpc) is 2.68. The molecule has 0 bridgehead atoms. The van der Waals surface area contributed by atoms with E-state index in [1.807, 2.05) is 20.8 Å². The van der Waals surface area contributed by atoms with E-state index in [4.69, 9.17) is 9.47 Å². The second-order valence-corrected chi connectivity index (χ2v) is 8.61. The number of carbonyl (C=O) groups excluding carboxylic acids is 1. The Morgan fingerprint density at radius 3 is 2.31 bits per heavy atom. The monoisotopic (exact) mass is 420 g/mol. The predicted molar refractivity (Wildman–Crippen MR) is 113 cm³/mol. The lowest BCUT2D eigenvalue weighted by Crippen LogP contribution is -2.44. The lowest BCUT2D eigenvalue weighted by atomic mass is 10.0. The number of carbonyl (C=O) groups is 1. The number of ether oxygens (including phenoxy) is 2. The molecule has 1 amide bonds. The van der Waals surface area contributed by atoms with Crippen molar-refractivity contribution in [2.75, 3.05) is 19.0 Å². The van der Waals surface area contributed by atoms with Gasteiger partial charge in [0.25, 0.3) is 0 Å². The third-order valence-electron chi connectivity index (χ3n) is 4.14. The van der Waals surface area contributed by atoms with Gasteiger partial charge in [-0.15, -0.1) is 0 Å². The molecule has 2 aromatic carbocycles. The van der Waals surface area contributed by atoms with Crippen molar-refractivity contribution in [1.29, 1.82) is 0 Å². The van der Waals surface area contributed by atoms with Crippen LogP contribution < -0.4 is 19.5 Å². The number of benzene rings is 2. The second-order valence-electron chi connectivity index (χ2n) is 6.90. The minimum absolute atomic E-state index is 0.0644. The lowest BCUT2D eigenvalue weighted by molar-refractivity contribution is -0.118. The highest BCUT2D eigenvalue weighted by Crippen LogP contribution is 2.24. The Morgan fingerprint density at radius 2 is 1.72 bits per heavy atom. The Morgan fingerprint density at radius 1 is 1.07 bits per heavy atom. The number of anilines is 1. The van der Waals surface area contributed by atoms with Crippen LogP contribution in [0.4, 0.5) is 5.69 Å². The van der Waals surface area contributed by atoms with E-state index in [1.165, 1.54) is 19.2 Å². The van der Waals surface area contributed by atoms with Crippen molar-refractivity contribution in [1.82, 2.24) is 4.72 Å². The molecule has 29 heavy (non-hydrogen) atoms.